The molecule has 1 saturated heterocycles. The quantitative estimate of drug-likeness (QED) is 0.548. The van der Waals surface area contributed by atoms with E-state index in [1.54, 1.807) is 17.3 Å². The molecule has 0 spiro atoms. The number of furan rings is 1. The highest BCUT2D eigenvalue weighted by Crippen LogP contribution is 2.36. The summed E-state index contributed by atoms with van der Waals surface area (Å²) in [4.78, 5) is 27.0. The number of benzene rings is 1. The number of aromatic nitrogens is 3. The number of carboxylic acid groups (broad SMARTS) is 1. The van der Waals surface area contributed by atoms with Gasteiger partial charge >= 0.3 is 5.97 Å². The molecule has 0 saturated carbocycles. The van der Waals surface area contributed by atoms with Crippen LogP contribution in [-0.2, 0) is 4.79 Å². The number of pyridine rings is 1. The Morgan fingerprint density at radius 2 is 2.00 bits per heavy atom. The second-order valence-electron chi connectivity index (χ2n) is 7.19. The van der Waals surface area contributed by atoms with Crippen LogP contribution in [0.5, 0.6) is 0 Å². The van der Waals surface area contributed by atoms with E-state index in [1.807, 2.05) is 43.3 Å². The predicted octanol–water partition coefficient (Wildman–Crippen LogP) is 3.22. The maximum absolute atomic E-state index is 12.0. The van der Waals surface area contributed by atoms with Crippen molar-refractivity contribution in [2.45, 2.75) is 25.4 Å². The van der Waals surface area contributed by atoms with Crippen LogP contribution in [0.4, 0.5) is 11.5 Å². The van der Waals surface area contributed by atoms with Crippen LogP contribution < -0.4 is 10.2 Å². The van der Waals surface area contributed by atoms with E-state index in [1.165, 1.54) is 0 Å². The lowest BCUT2D eigenvalue weighted by Gasteiger charge is -2.22. The molecule has 146 valence electrons. The summed E-state index contributed by atoms with van der Waals surface area (Å²) >= 11 is 0. The van der Waals surface area contributed by atoms with Gasteiger partial charge in [0, 0.05) is 42.5 Å². The molecule has 29 heavy (non-hydrogen) atoms. The molecule has 0 radical (unpaired) electrons. The number of hydrogen-bond acceptors (Lipinski definition) is 7. The highest BCUT2D eigenvalue weighted by molar-refractivity contribution is 6.06. The molecule has 0 bridgehead atoms. The third kappa shape index (κ3) is 3.02. The zero-order valence-corrected chi connectivity index (χ0v) is 15.7. The minimum absolute atomic E-state index is 0.0480. The van der Waals surface area contributed by atoms with Crippen LogP contribution in [0, 0.1) is 6.92 Å². The molecule has 8 heteroatoms. The molecule has 2 atom stereocenters. The van der Waals surface area contributed by atoms with Crippen molar-refractivity contribution in [2.75, 3.05) is 16.8 Å². The largest absolute Gasteiger partial charge is 0.480 e. The number of aliphatic carboxylic acids is 1. The summed E-state index contributed by atoms with van der Waals surface area (Å²) in [5.41, 5.74) is 2.84. The summed E-state index contributed by atoms with van der Waals surface area (Å²) in [5, 5.41) is 14.1. The maximum Gasteiger partial charge on any atom is 0.326 e. The molecular formula is C21H19N5O3. The van der Waals surface area contributed by atoms with Gasteiger partial charge in [-0.2, -0.15) is 0 Å². The second kappa shape index (κ2) is 6.73. The van der Waals surface area contributed by atoms with Gasteiger partial charge in [-0.15, -0.1) is 0 Å². The molecular weight excluding hydrogens is 370 g/mol. The zero-order chi connectivity index (χ0) is 20.0. The Morgan fingerprint density at radius 3 is 2.79 bits per heavy atom. The third-order valence-corrected chi connectivity index (χ3v) is 5.22. The number of nitrogens with zero attached hydrogens (tertiary/aromatic N) is 4. The molecule has 1 fully saturated rings. The van der Waals surface area contributed by atoms with Crippen LogP contribution in [-0.4, -0.2) is 44.7 Å². The normalized spacial score (nSPS) is 19.1. The number of anilines is 2. The molecule has 8 nitrogen and oxygen atoms in total. The SMILES string of the molecule is Cc1nc(N2CC(Nc3ccncc3)CC2C(=O)O)c2oc3ccccc3c2n1. The molecule has 2 unspecified atom stereocenters. The average molecular weight is 389 g/mol. The van der Waals surface area contributed by atoms with Gasteiger partial charge in [-0.1, -0.05) is 12.1 Å². The van der Waals surface area contributed by atoms with E-state index in [-0.39, 0.29) is 6.04 Å². The molecule has 5 rings (SSSR count). The Kier molecular flexibility index (Phi) is 4.04. The fraction of sp³-hybridized carbons (Fsp3) is 0.238. The van der Waals surface area contributed by atoms with Crippen molar-refractivity contribution in [3.8, 4) is 0 Å². The Morgan fingerprint density at radius 1 is 1.21 bits per heavy atom. The topological polar surface area (TPSA) is 104 Å². The average Bonchev–Trinajstić information content (AvgIpc) is 3.30. The van der Waals surface area contributed by atoms with Gasteiger partial charge in [0.2, 0.25) is 0 Å². The van der Waals surface area contributed by atoms with Crippen molar-refractivity contribution >= 4 is 39.5 Å². The summed E-state index contributed by atoms with van der Waals surface area (Å²) in [6.07, 6.45) is 3.85. The molecule has 4 aromatic rings. The first kappa shape index (κ1) is 17.4. The minimum atomic E-state index is -0.885. The minimum Gasteiger partial charge on any atom is -0.480 e. The molecule has 3 aromatic heterocycles. The zero-order valence-electron chi connectivity index (χ0n) is 15.7. The first-order chi connectivity index (χ1) is 14.1. The molecule has 2 N–H and O–H groups in total. The summed E-state index contributed by atoms with van der Waals surface area (Å²) in [7, 11) is 0. The number of carbonyl (C=O) groups is 1. The molecule has 4 heterocycles. The summed E-state index contributed by atoms with van der Waals surface area (Å²) in [5.74, 6) is 0.216. The first-order valence-electron chi connectivity index (χ1n) is 9.42. The number of para-hydroxylation sites is 1. The van der Waals surface area contributed by atoms with Gasteiger partial charge in [0.25, 0.3) is 0 Å². The molecule has 1 aliphatic rings. The van der Waals surface area contributed by atoms with E-state index in [0.29, 0.717) is 41.3 Å². The lowest BCUT2D eigenvalue weighted by atomic mass is 10.1. The highest BCUT2D eigenvalue weighted by Gasteiger charge is 2.39. The van der Waals surface area contributed by atoms with Gasteiger partial charge in [-0.25, -0.2) is 14.8 Å². The highest BCUT2D eigenvalue weighted by atomic mass is 16.4. The van der Waals surface area contributed by atoms with Crippen LogP contribution in [0.3, 0.4) is 0 Å². The predicted molar refractivity (Wildman–Crippen MR) is 109 cm³/mol. The van der Waals surface area contributed by atoms with Gasteiger partial charge in [0.1, 0.15) is 23.0 Å². The van der Waals surface area contributed by atoms with E-state index in [4.69, 9.17) is 4.42 Å². The molecule has 1 aromatic carbocycles. The monoisotopic (exact) mass is 389 g/mol. The number of aryl methyl sites for hydroxylation is 1. The van der Waals surface area contributed by atoms with Crippen molar-refractivity contribution in [3.05, 3.63) is 54.6 Å². The Bertz CT molecular complexity index is 1210. The van der Waals surface area contributed by atoms with Crippen molar-refractivity contribution in [1.29, 1.82) is 0 Å². The van der Waals surface area contributed by atoms with Gasteiger partial charge in [-0.3, -0.25) is 4.98 Å². The van der Waals surface area contributed by atoms with Gasteiger partial charge in [0.15, 0.2) is 11.4 Å². The summed E-state index contributed by atoms with van der Waals surface area (Å²) < 4.78 is 6.04. The van der Waals surface area contributed by atoms with E-state index in [0.717, 1.165) is 11.1 Å². The van der Waals surface area contributed by atoms with Gasteiger partial charge in [0.05, 0.1) is 0 Å². The number of fused-ring (bicyclic) bond motifs is 3. The van der Waals surface area contributed by atoms with Crippen LogP contribution >= 0.6 is 0 Å². The maximum atomic E-state index is 12.0. The van der Waals surface area contributed by atoms with Gasteiger partial charge < -0.3 is 19.7 Å². The number of carboxylic acids is 1. The fourth-order valence-electron chi connectivity index (χ4n) is 3.97. The van der Waals surface area contributed by atoms with Crippen LogP contribution in [0.2, 0.25) is 0 Å². The van der Waals surface area contributed by atoms with E-state index in [2.05, 4.69) is 20.3 Å². The second-order valence-corrected chi connectivity index (χ2v) is 7.19. The Balaban J connectivity index is 1.58. The van der Waals surface area contributed by atoms with E-state index in [9.17, 15) is 9.90 Å². The van der Waals surface area contributed by atoms with Crippen molar-refractivity contribution in [3.63, 3.8) is 0 Å². The van der Waals surface area contributed by atoms with Crippen LogP contribution in [0.1, 0.15) is 12.2 Å². The third-order valence-electron chi connectivity index (χ3n) is 5.22. The summed E-state index contributed by atoms with van der Waals surface area (Å²) in [6, 6.07) is 10.6. The lowest BCUT2D eigenvalue weighted by molar-refractivity contribution is -0.138. The molecule has 0 aliphatic carbocycles. The first-order valence-corrected chi connectivity index (χ1v) is 9.42. The van der Waals surface area contributed by atoms with E-state index < -0.39 is 12.0 Å². The van der Waals surface area contributed by atoms with Crippen LogP contribution in [0.15, 0.2) is 53.2 Å². The Hall–Kier alpha value is -3.68. The fourth-order valence-corrected chi connectivity index (χ4v) is 3.97. The molecule has 1 aliphatic heterocycles. The Labute approximate surface area is 166 Å². The standard InChI is InChI=1S/C21H19N5O3/c1-12-23-18-15-4-2-3-5-17(15)29-19(18)20(24-12)26-11-14(10-16(26)21(27)28)25-13-6-8-22-9-7-13/h2-9,14,16H,10-11H2,1H3,(H,22,25)(H,27,28). The smallest absolute Gasteiger partial charge is 0.326 e. The molecule has 0 amide bonds. The number of rotatable bonds is 4. The van der Waals surface area contributed by atoms with Crippen molar-refractivity contribution in [2.24, 2.45) is 0 Å². The summed E-state index contributed by atoms with van der Waals surface area (Å²) in [6.45, 7) is 2.30. The number of hydrogen-bond donors (Lipinski definition) is 2. The lowest BCUT2D eigenvalue weighted by Crippen LogP contribution is -2.37. The van der Waals surface area contributed by atoms with E-state index >= 15 is 0 Å². The van der Waals surface area contributed by atoms with Crippen molar-refractivity contribution in [1.82, 2.24) is 15.0 Å². The van der Waals surface area contributed by atoms with Crippen molar-refractivity contribution < 1.29 is 14.3 Å². The van der Waals surface area contributed by atoms with Crippen LogP contribution in [0.25, 0.3) is 22.1 Å². The van der Waals surface area contributed by atoms with Gasteiger partial charge in [-0.05, 0) is 31.2 Å². The number of nitrogens with one attached hydrogen (secondary N) is 1.